The first-order chi connectivity index (χ1) is 8.16. The lowest BCUT2D eigenvalue weighted by Gasteiger charge is -2.13. The largest absolute Gasteiger partial charge is 0.493 e. The molecule has 0 radical (unpaired) electrons. The highest BCUT2D eigenvalue weighted by Crippen LogP contribution is 2.21. The summed E-state index contributed by atoms with van der Waals surface area (Å²) < 4.78 is 11.1. The maximum atomic E-state index is 7.40. The van der Waals surface area contributed by atoms with Crippen molar-refractivity contribution < 1.29 is 9.47 Å². The van der Waals surface area contributed by atoms with E-state index in [9.17, 15) is 0 Å². The van der Waals surface area contributed by atoms with Crippen LogP contribution in [0.5, 0.6) is 5.75 Å². The number of nitrogens with two attached hydrogens (primary N) is 1. The number of nitrogen functional groups attached to an aromatic ring is 1. The minimum atomic E-state index is 0.0686. The molecule has 92 valence electrons. The maximum absolute atomic E-state index is 7.40. The first-order valence-corrected chi connectivity index (χ1v) is 5.82. The zero-order chi connectivity index (χ0) is 12.3. The fourth-order valence-electron chi connectivity index (χ4n) is 1.85. The Bertz CT molecular complexity index is 412. The van der Waals surface area contributed by atoms with Gasteiger partial charge < -0.3 is 15.2 Å². The van der Waals surface area contributed by atoms with E-state index in [2.05, 4.69) is 0 Å². The smallest absolute Gasteiger partial charge is 0.122 e. The molecule has 4 nitrogen and oxygen atoms in total. The first-order valence-electron chi connectivity index (χ1n) is 5.82. The van der Waals surface area contributed by atoms with Crippen LogP contribution in [0.15, 0.2) is 18.2 Å². The van der Waals surface area contributed by atoms with E-state index < -0.39 is 0 Å². The second kappa shape index (κ2) is 5.19. The summed E-state index contributed by atoms with van der Waals surface area (Å²) in [5.74, 6) is 1.36. The lowest BCUT2D eigenvalue weighted by atomic mass is 10.1. The Kier molecular flexibility index (Phi) is 3.64. The third kappa shape index (κ3) is 2.97. The highest BCUT2D eigenvalue weighted by atomic mass is 16.5. The second-order valence-corrected chi connectivity index (χ2v) is 4.43. The molecule has 1 saturated heterocycles. The van der Waals surface area contributed by atoms with Crippen LogP contribution in [0.4, 0.5) is 0 Å². The number of nitrogens with one attached hydrogen (secondary N) is 1. The second-order valence-electron chi connectivity index (χ2n) is 4.43. The fourth-order valence-corrected chi connectivity index (χ4v) is 1.85. The molecule has 1 aromatic carbocycles. The molecule has 1 fully saturated rings. The molecule has 1 aliphatic rings. The van der Waals surface area contributed by atoms with Gasteiger partial charge >= 0.3 is 0 Å². The summed E-state index contributed by atoms with van der Waals surface area (Å²) in [6, 6.07) is 5.59. The Morgan fingerprint density at radius 3 is 3.06 bits per heavy atom. The van der Waals surface area contributed by atoms with Gasteiger partial charge in [-0.25, -0.2) is 0 Å². The molecule has 3 N–H and O–H groups in total. The molecule has 1 unspecified atom stereocenters. The van der Waals surface area contributed by atoms with Crippen LogP contribution in [0, 0.1) is 18.3 Å². The summed E-state index contributed by atoms with van der Waals surface area (Å²) in [5, 5.41) is 7.40. The Balaban J connectivity index is 2.03. The fraction of sp³-hybridized carbons (Fsp3) is 0.462. The van der Waals surface area contributed by atoms with Gasteiger partial charge in [0.25, 0.3) is 0 Å². The van der Waals surface area contributed by atoms with Crippen molar-refractivity contribution in [3.63, 3.8) is 0 Å². The van der Waals surface area contributed by atoms with Crippen LogP contribution < -0.4 is 10.5 Å². The van der Waals surface area contributed by atoms with Crippen LogP contribution in [-0.2, 0) is 4.74 Å². The standard InChI is InChI=1S/C13H18N2O2/c1-9-2-3-11(13(14)15)6-12(9)17-8-10-4-5-16-7-10/h2-3,6,10H,4-5,7-8H2,1H3,(H3,14,15). The molecule has 2 rings (SSSR count). The van der Waals surface area contributed by atoms with Crippen molar-refractivity contribution in [2.24, 2.45) is 11.7 Å². The van der Waals surface area contributed by atoms with Crippen molar-refractivity contribution in [2.75, 3.05) is 19.8 Å². The predicted molar refractivity (Wildman–Crippen MR) is 66.6 cm³/mol. The topological polar surface area (TPSA) is 68.3 Å². The summed E-state index contributed by atoms with van der Waals surface area (Å²) in [5.41, 5.74) is 7.22. The zero-order valence-electron chi connectivity index (χ0n) is 10.0. The molecule has 0 bridgehead atoms. The van der Waals surface area contributed by atoms with Gasteiger partial charge in [-0.2, -0.15) is 0 Å². The molecule has 1 atom stereocenters. The van der Waals surface area contributed by atoms with Crippen LogP contribution in [-0.4, -0.2) is 25.7 Å². The molecule has 0 aromatic heterocycles. The molecule has 1 aromatic rings. The Morgan fingerprint density at radius 2 is 2.41 bits per heavy atom. The van der Waals surface area contributed by atoms with Crippen LogP contribution in [0.2, 0.25) is 0 Å². The highest BCUT2D eigenvalue weighted by Gasteiger charge is 2.16. The average molecular weight is 234 g/mol. The minimum absolute atomic E-state index is 0.0686. The van der Waals surface area contributed by atoms with Gasteiger partial charge in [-0.1, -0.05) is 12.1 Å². The Hall–Kier alpha value is -1.55. The highest BCUT2D eigenvalue weighted by molar-refractivity contribution is 5.95. The van der Waals surface area contributed by atoms with Crippen molar-refractivity contribution in [1.29, 1.82) is 5.41 Å². The number of aryl methyl sites for hydroxylation is 1. The van der Waals surface area contributed by atoms with Crippen LogP contribution in [0.25, 0.3) is 0 Å². The molecular weight excluding hydrogens is 216 g/mol. The maximum Gasteiger partial charge on any atom is 0.122 e. The van der Waals surface area contributed by atoms with Gasteiger partial charge in [0.1, 0.15) is 11.6 Å². The summed E-state index contributed by atoms with van der Waals surface area (Å²) >= 11 is 0. The van der Waals surface area contributed by atoms with E-state index >= 15 is 0 Å². The molecule has 4 heteroatoms. The lowest BCUT2D eigenvalue weighted by molar-refractivity contribution is 0.167. The van der Waals surface area contributed by atoms with Crippen molar-refractivity contribution in [2.45, 2.75) is 13.3 Å². The number of hydrogen-bond donors (Lipinski definition) is 2. The van der Waals surface area contributed by atoms with E-state index in [1.165, 1.54) is 0 Å². The average Bonchev–Trinajstić information content (AvgIpc) is 2.80. The van der Waals surface area contributed by atoms with Gasteiger partial charge in [-0.3, -0.25) is 5.41 Å². The molecule has 17 heavy (non-hydrogen) atoms. The lowest BCUT2D eigenvalue weighted by Crippen LogP contribution is -2.14. The van der Waals surface area contributed by atoms with Gasteiger partial charge in [0.05, 0.1) is 13.2 Å². The number of benzene rings is 1. The van der Waals surface area contributed by atoms with Gasteiger partial charge in [0.15, 0.2) is 0 Å². The van der Waals surface area contributed by atoms with E-state index in [1.54, 1.807) is 0 Å². The quantitative estimate of drug-likeness (QED) is 0.615. The minimum Gasteiger partial charge on any atom is -0.493 e. The molecule has 0 aliphatic carbocycles. The Morgan fingerprint density at radius 1 is 1.59 bits per heavy atom. The van der Waals surface area contributed by atoms with Gasteiger partial charge in [0, 0.05) is 18.1 Å². The number of rotatable bonds is 4. The number of hydrogen-bond acceptors (Lipinski definition) is 3. The van der Waals surface area contributed by atoms with Gasteiger partial charge in [-0.05, 0) is 25.0 Å². The zero-order valence-corrected chi connectivity index (χ0v) is 10.0. The number of ether oxygens (including phenoxy) is 2. The van der Waals surface area contributed by atoms with E-state index in [0.29, 0.717) is 18.1 Å². The molecule has 0 amide bonds. The summed E-state index contributed by atoms with van der Waals surface area (Å²) in [7, 11) is 0. The van der Waals surface area contributed by atoms with E-state index in [4.69, 9.17) is 20.6 Å². The van der Waals surface area contributed by atoms with Crippen LogP contribution in [0.1, 0.15) is 17.5 Å². The molecule has 1 aliphatic heterocycles. The van der Waals surface area contributed by atoms with Crippen LogP contribution in [0.3, 0.4) is 0 Å². The SMILES string of the molecule is Cc1ccc(C(=N)N)cc1OCC1CCOC1. The molecule has 1 heterocycles. The van der Waals surface area contributed by atoms with Crippen molar-refractivity contribution >= 4 is 5.84 Å². The van der Waals surface area contributed by atoms with Crippen molar-refractivity contribution in [3.8, 4) is 5.75 Å². The van der Waals surface area contributed by atoms with Crippen molar-refractivity contribution in [3.05, 3.63) is 29.3 Å². The van der Waals surface area contributed by atoms with E-state index in [0.717, 1.165) is 30.9 Å². The third-order valence-electron chi connectivity index (χ3n) is 3.00. The number of amidine groups is 1. The van der Waals surface area contributed by atoms with Gasteiger partial charge in [-0.15, -0.1) is 0 Å². The summed E-state index contributed by atoms with van der Waals surface area (Å²) in [6.07, 6.45) is 1.06. The summed E-state index contributed by atoms with van der Waals surface area (Å²) in [4.78, 5) is 0. The predicted octanol–water partition coefficient (Wildman–Crippen LogP) is 1.69. The molecule has 0 spiro atoms. The molecular formula is C13H18N2O2. The van der Waals surface area contributed by atoms with Gasteiger partial charge in [0.2, 0.25) is 0 Å². The summed E-state index contributed by atoms with van der Waals surface area (Å²) in [6.45, 7) is 4.28. The molecule has 0 saturated carbocycles. The normalized spacial score (nSPS) is 19.2. The first kappa shape index (κ1) is 11.9. The Labute approximate surface area is 101 Å². The monoisotopic (exact) mass is 234 g/mol. The van der Waals surface area contributed by atoms with E-state index in [-0.39, 0.29) is 5.84 Å². The van der Waals surface area contributed by atoms with Crippen molar-refractivity contribution in [1.82, 2.24) is 0 Å². The van der Waals surface area contributed by atoms with E-state index in [1.807, 2.05) is 25.1 Å². The third-order valence-corrected chi connectivity index (χ3v) is 3.00. The van der Waals surface area contributed by atoms with Crippen LogP contribution >= 0.6 is 0 Å².